The summed E-state index contributed by atoms with van der Waals surface area (Å²) in [4.78, 5) is 2.10. The molecule has 0 radical (unpaired) electrons. The van der Waals surface area contributed by atoms with Crippen LogP contribution >= 0.6 is 0 Å². The monoisotopic (exact) mass is 258 g/mol. The molecule has 100 valence electrons. The van der Waals surface area contributed by atoms with Crippen molar-refractivity contribution in [3.63, 3.8) is 0 Å². The zero-order valence-corrected chi connectivity index (χ0v) is 11.4. The van der Waals surface area contributed by atoms with Gasteiger partial charge in [0.15, 0.2) is 0 Å². The average molecular weight is 258 g/mol. The van der Waals surface area contributed by atoms with Crippen LogP contribution in [0.15, 0.2) is 42.5 Å². The summed E-state index contributed by atoms with van der Waals surface area (Å²) in [5.41, 5.74) is 9.60. The van der Waals surface area contributed by atoms with Gasteiger partial charge in [-0.25, -0.2) is 4.39 Å². The minimum atomic E-state index is -0.163. The lowest BCUT2D eigenvalue weighted by Crippen LogP contribution is -2.16. The molecule has 0 bridgehead atoms. The molecule has 0 unspecified atom stereocenters. The summed E-state index contributed by atoms with van der Waals surface area (Å²) < 4.78 is 13.2. The summed E-state index contributed by atoms with van der Waals surface area (Å²) in [5, 5.41) is 0. The van der Waals surface area contributed by atoms with Crippen LogP contribution in [0.1, 0.15) is 16.7 Å². The van der Waals surface area contributed by atoms with Gasteiger partial charge in [0.25, 0.3) is 0 Å². The molecule has 0 aromatic heterocycles. The summed E-state index contributed by atoms with van der Waals surface area (Å²) in [7, 11) is 2.00. The molecule has 2 aromatic carbocycles. The Kier molecular flexibility index (Phi) is 4.17. The number of benzene rings is 2. The molecule has 0 aliphatic carbocycles. The van der Waals surface area contributed by atoms with Gasteiger partial charge in [0.2, 0.25) is 0 Å². The highest BCUT2D eigenvalue weighted by molar-refractivity contribution is 5.48. The smallest absolute Gasteiger partial charge is 0.126 e. The molecule has 2 rings (SSSR count). The fourth-order valence-corrected chi connectivity index (χ4v) is 2.01. The van der Waals surface area contributed by atoms with Gasteiger partial charge in [-0.1, -0.05) is 24.3 Å². The maximum absolute atomic E-state index is 13.2. The second kappa shape index (κ2) is 5.85. The molecule has 0 fully saturated rings. The zero-order chi connectivity index (χ0) is 13.8. The lowest BCUT2D eigenvalue weighted by Gasteiger charge is -2.20. The fourth-order valence-electron chi connectivity index (χ4n) is 2.01. The summed E-state index contributed by atoms with van der Waals surface area (Å²) >= 11 is 0. The van der Waals surface area contributed by atoms with E-state index in [1.165, 1.54) is 11.6 Å². The molecule has 2 N–H and O–H groups in total. The van der Waals surface area contributed by atoms with Crippen molar-refractivity contribution in [1.82, 2.24) is 0 Å². The minimum absolute atomic E-state index is 0.163. The molecular weight excluding hydrogens is 239 g/mol. The highest BCUT2D eigenvalue weighted by Crippen LogP contribution is 2.19. The molecule has 0 atom stereocenters. The minimum Gasteiger partial charge on any atom is -0.370 e. The Labute approximate surface area is 113 Å². The first kappa shape index (κ1) is 13.6. The summed E-state index contributed by atoms with van der Waals surface area (Å²) in [6.45, 7) is 3.13. The van der Waals surface area contributed by atoms with Gasteiger partial charge in [0.05, 0.1) is 0 Å². The van der Waals surface area contributed by atoms with Gasteiger partial charge in [-0.3, -0.25) is 0 Å². The predicted octanol–water partition coefficient (Wildman–Crippen LogP) is 3.23. The Balaban J connectivity index is 2.10. The first-order chi connectivity index (χ1) is 9.10. The van der Waals surface area contributed by atoms with Crippen LogP contribution in [0.3, 0.4) is 0 Å². The first-order valence-electron chi connectivity index (χ1n) is 6.35. The molecule has 0 saturated carbocycles. The molecule has 19 heavy (non-hydrogen) atoms. The third kappa shape index (κ3) is 3.32. The molecule has 2 aromatic rings. The van der Waals surface area contributed by atoms with Gasteiger partial charge < -0.3 is 10.6 Å². The number of nitrogens with zero attached hydrogens (tertiary/aromatic N) is 1. The van der Waals surface area contributed by atoms with E-state index in [9.17, 15) is 4.39 Å². The number of hydrogen-bond donors (Lipinski definition) is 1. The van der Waals surface area contributed by atoms with Crippen LogP contribution in [0, 0.1) is 12.7 Å². The fraction of sp³-hybridized carbons (Fsp3) is 0.250. The summed E-state index contributed by atoms with van der Waals surface area (Å²) in [6.07, 6.45) is 0. The molecule has 0 amide bonds. The Morgan fingerprint density at radius 2 is 1.68 bits per heavy atom. The van der Waals surface area contributed by atoms with Crippen LogP contribution in [0.4, 0.5) is 10.1 Å². The molecule has 2 nitrogen and oxygen atoms in total. The normalized spacial score (nSPS) is 10.5. The average Bonchev–Trinajstić information content (AvgIpc) is 2.42. The zero-order valence-electron chi connectivity index (χ0n) is 11.4. The van der Waals surface area contributed by atoms with E-state index >= 15 is 0 Å². The van der Waals surface area contributed by atoms with Crippen LogP contribution in [0.25, 0.3) is 0 Å². The van der Waals surface area contributed by atoms with E-state index in [2.05, 4.69) is 17.0 Å². The number of rotatable bonds is 4. The van der Waals surface area contributed by atoms with Crippen LogP contribution in [-0.2, 0) is 13.1 Å². The van der Waals surface area contributed by atoms with Crippen molar-refractivity contribution in [2.24, 2.45) is 5.73 Å². The second-order valence-corrected chi connectivity index (χ2v) is 4.81. The van der Waals surface area contributed by atoms with E-state index in [0.29, 0.717) is 12.1 Å². The third-order valence-corrected chi connectivity index (χ3v) is 3.26. The SMILES string of the molecule is Cc1cc(N(C)Cc2ccc(CN)cc2)ccc1F. The van der Waals surface area contributed by atoms with E-state index in [1.807, 2.05) is 25.2 Å². The standard InChI is InChI=1S/C16H19FN2/c1-12-9-15(7-8-16(12)17)19(2)11-14-5-3-13(10-18)4-6-14/h3-9H,10-11,18H2,1-2H3. The maximum atomic E-state index is 13.2. The van der Waals surface area contributed by atoms with Crippen LogP contribution in [0.5, 0.6) is 0 Å². The third-order valence-electron chi connectivity index (χ3n) is 3.26. The highest BCUT2D eigenvalue weighted by atomic mass is 19.1. The van der Waals surface area contributed by atoms with E-state index in [4.69, 9.17) is 5.73 Å². The van der Waals surface area contributed by atoms with Gasteiger partial charge in [-0.05, 0) is 41.8 Å². The van der Waals surface area contributed by atoms with Crippen molar-refractivity contribution in [2.75, 3.05) is 11.9 Å². The van der Waals surface area contributed by atoms with E-state index in [-0.39, 0.29) is 5.82 Å². The van der Waals surface area contributed by atoms with Gasteiger partial charge in [0, 0.05) is 25.8 Å². The summed E-state index contributed by atoms with van der Waals surface area (Å²) in [6, 6.07) is 13.4. The van der Waals surface area contributed by atoms with Gasteiger partial charge >= 0.3 is 0 Å². The molecular formula is C16H19FN2. The van der Waals surface area contributed by atoms with E-state index < -0.39 is 0 Å². The summed E-state index contributed by atoms with van der Waals surface area (Å²) in [5.74, 6) is -0.163. The lowest BCUT2D eigenvalue weighted by atomic mass is 10.1. The van der Waals surface area contributed by atoms with E-state index in [0.717, 1.165) is 17.8 Å². The Morgan fingerprint density at radius 1 is 1.05 bits per heavy atom. The Bertz CT molecular complexity index is 549. The number of halogens is 1. The molecule has 0 aliphatic heterocycles. The van der Waals surface area contributed by atoms with Crippen LogP contribution in [0.2, 0.25) is 0 Å². The van der Waals surface area contributed by atoms with Crippen LogP contribution in [-0.4, -0.2) is 7.05 Å². The first-order valence-corrected chi connectivity index (χ1v) is 6.35. The van der Waals surface area contributed by atoms with Gasteiger partial charge in [0.1, 0.15) is 5.82 Å². The van der Waals surface area contributed by atoms with Crippen molar-refractivity contribution in [1.29, 1.82) is 0 Å². The number of aryl methyl sites for hydroxylation is 1. The Hall–Kier alpha value is -1.87. The molecule has 0 heterocycles. The maximum Gasteiger partial charge on any atom is 0.126 e. The van der Waals surface area contributed by atoms with Crippen molar-refractivity contribution in [3.8, 4) is 0 Å². The molecule has 0 saturated heterocycles. The second-order valence-electron chi connectivity index (χ2n) is 4.81. The van der Waals surface area contributed by atoms with Crippen molar-refractivity contribution in [3.05, 3.63) is 65.0 Å². The van der Waals surface area contributed by atoms with Gasteiger partial charge in [-0.2, -0.15) is 0 Å². The largest absolute Gasteiger partial charge is 0.370 e. The number of hydrogen-bond acceptors (Lipinski definition) is 2. The molecule has 3 heteroatoms. The van der Waals surface area contributed by atoms with Crippen molar-refractivity contribution >= 4 is 5.69 Å². The predicted molar refractivity (Wildman–Crippen MR) is 77.6 cm³/mol. The Morgan fingerprint density at radius 3 is 2.26 bits per heavy atom. The van der Waals surface area contributed by atoms with Crippen molar-refractivity contribution in [2.45, 2.75) is 20.0 Å². The lowest BCUT2D eigenvalue weighted by molar-refractivity contribution is 0.618. The molecule has 0 spiro atoms. The topological polar surface area (TPSA) is 29.3 Å². The number of nitrogens with two attached hydrogens (primary N) is 1. The van der Waals surface area contributed by atoms with E-state index in [1.54, 1.807) is 13.0 Å². The van der Waals surface area contributed by atoms with Crippen LogP contribution < -0.4 is 10.6 Å². The quantitative estimate of drug-likeness (QED) is 0.912. The van der Waals surface area contributed by atoms with Crippen molar-refractivity contribution < 1.29 is 4.39 Å². The highest BCUT2D eigenvalue weighted by Gasteiger charge is 2.05. The number of anilines is 1. The molecule has 0 aliphatic rings. The van der Waals surface area contributed by atoms with Gasteiger partial charge in [-0.15, -0.1) is 0 Å².